The summed E-state index contributed by atoms with van der Waals surface area (Å²) in [6.45, 7) is 2.86. The predicted molar refractivity (Wildman–Crippen MR) is 110 cm³/mol. The largest absolute Gasteiger partial charge is 0.366 e. The molecule has 0 fully saturated rings. The first kappa shape index (κ1) is 17.3. The summed E-state index contributed by atoms with van der Waals surface area (Å²) in [4.78, 5) is 16.5. The third-order valence-electron chi connectivity index (χ3n) is 5.09. The van der Waals surface area contributed by atoms with E-state index in [1.165, 1.54) is 18.4 Å². The fourth-order valence-electron chi connectivity index (χ4n) is 3.76. The maximum absolute atomic E-state index is 12.0. The van der Waals surface area contributed by atoms with Gasteiger partial charge in [-0.1, -0.05) is 37.6 Å². The average molecular weight is 357 g/mol. The second kappa shape index (κ2) is 7.23. The van der Waals surface area contributed by atoms with E-state index in [-0.39, 0.29) is 0 Å². The summed E-state index contributed by atoms with van der Waals surface area (Å²) < 4.78 is 2.24. The molecule has 0 saturated carbocycles. The molecule has 27 heavy (non-hydrogen) atoms. The lowest BCUT2D eigenvalue weighted by Crippen LogP contribution is -2.11. The van der Waals surface area contributed by atoms with Gasteiger partial charge in [0, 0.05) is 28.0 Å². The standard InChI is InChI=1S/C23H23N3O/c1-2-3-7-16-11-12-18-21(14-16)26(15-17-8-4-5-13-25-17)20-10-6-9-19(22(18)20)23(24)27/h4-6,8-14H,2-3,7,15H2,1H3,(H2,24,27). The van der Waals surface area contributed by atoms with Crippen molar-refractivity contribution in [3.05, 3.63) is 77.6 Å². The first-order valence-electron chi connectivity index (χ1n) is 9.42. The number of carbonyl (C=O) groups is 1. The lowest BCUT2D eigenvalue weighted by molar-refractivity contribution is 0.100. The number of aryl methyl sites for hydroxylation is 1. The number of fused-ring (bicyclic) bond motifs is 3. The molecule has 0 saturated heterocycles. The van der Waals surface area contributed by atoms with Crippen molar-refractivity contribution in [3.63, 3.8) is 0 Å². The van der Waals surface area contributed by atoms with Gasteiger partial charge in [-0.3, -0.25) is 9.78 Å². The van der Waals surface area contributed by atoms with Crippen LogP contribution in [0.5, 0.6) is 0 Å². The van der Waals surface area contributed by atoms with Gasteiger partial charge in [0.1, 0.15) is 0 Å². The molecule has 0 spiro atoms. The van der Waals surface area contributed by atoms with Gasteiger partial charge in [0.05, 0.1) is 17.8 Å². The van der Waals surface area contributed by atoms with Crippen LogP contribution in [-0.2, 0) is 13.0 Å². The molecule has 2 N–H and O–H groups in total. The Morgan fingerprint density at radius 1 is 1.07 bits per heavy atom. The molecule has 4 heteroatoms. The van der Waals surface area contributed by atoms with Crippen molar-refractivity contribution in [3.8, 4) is 0 Å². The molecule has 0 radical (unpaired) electrons. The molecule has 2 aromatic carbocycles. The Balaban J connectivity index is 1.98. The summed E-state index contributed by atoms with van der Waals surface area (Å²) in [5, 5.41) is 1.99. The van der Waals surface area contributed by atoms with Crippen molar-refractivity contribution in [1.82, 2.24) is 9.55 Å². The molecule has 0 aliphatic rings. The van der Waals surface area contributed by atoms with Crippen molar-refractivity contribution in [2.24, 2.45) is 5.73 Å². The van der Waals surface area contributed by atoms with Crippen LogP contribution in [-0.4, -0.2) is 15.5 Å². The zero-order valence-corrected chi connectivity index (χ0v) is 15.5. The number of primary amides is 1. The van der Waals surface area contributed by atoms with E-state index in [0.717, 1.165) is 33.9 Å². The van der Waals surface area contributed by atoms with Crippen LogP contribution in [0.4, 0.5) is 0 Å². The molecular formula is C23H23N3O. The number of aromatic nitrogens is 2. The van der Waals surface area contributed by atoms with Crippen LogP contribution in [0.3, 0.4) is 0 Å². The highest BCUT2D eigenvalue weighted by Gasteiger charge is 2.17. The van der Waals surface area contributed by atoms with Crippen molar-refractivity contribution in [2.45, 2.75) is 32.7 Å². The molecule has 136 valence electrons. The Labute approximate surface area is 158 Å². The molecule has 4 aromatic rings. The van der Waals surface area contributed by atoms with E-state index in [1.54, 1.807) is 6.07 Å². The SMILES string of the molecule is CCCCc1ccc2c3c(C(N)=O)cccc3n(Cc3ccccn3)c2c1. The minimum Gasteiger partial charge on any atom is -0.366 e. The van der Waals surface area contributed by atoms with E-state index < -0.39 is 5.91 Å². The second-order valence-electron chi connectivity index (χ2n) is 6.93. The van der Waals surface area contributed by atoms with Gasteiger partial charge < -0.3 is 10.3 Å². The molecular weight excluding hydrogens is 334 g/mol. The number of nitrogens with zero attached hydrogens (tertiary/aromatic N) is 2. The van der Waals surface area contributed by atoms with Gasteiger partial charge in [-0.2, -0.15) is 0 Å². The number of pyridine rings is 1. The van der Waals surface area contributed by atoms with Gasteiger partial charge in [-0.25, -0.2) is 0 Å². The van der Waals surface area contributed by atoms with Crippen LogP contribution in [0.25, 0.3) is 21.8 Å². The molecule has 4 rings (SSSR count). The van der Waals surface area contributed by atoms with Crippen LogP contribution >= 0.6 is 0 Å². The molecule has 2 heterocycles. The zero-order chi connectivity index (χ0) is 18.8. The first-order chi connectivity index (χ1) is 13.2. The van der Waals surface area contributed by atoms with Crippen LogP contribution < -0.4 is 5.73 Å². The lowest BCUT2D eigenvalue weighted by atomic mass is 10.0. The Bertz CT molecular complexity index is 1110. The number of benzene rings is 2. The molecule has 0 bridgehead atoms. The number of rotatable bonds is 6. The summed E-state index contributed by atoms with van der Waals surface area (Å²) in [7, 11) is 0. The van der Waals surface area contributed by atoms with Crippen LogP contribution in [0, 0.1) is 0 Å². The number of hydrogen-bond donors (Lipinski definition) is 1. The molecule has 0 aliphatic heterocycles. The number of amides is 1. The minimum absolute atomic E-state index is 0.396. The maximum Gasteiger partial charge on any atom is 0.249 e. The van der Waals surface area contributed by atoms with E-state index in [2.05, 4.69) is 40.7 Å². The summed E-state index contributed by atoms with van der Waals surface area (Å²) in [5.41, 5.74) is 10.7. The van der Waals surface area contributed by atoms with Gasteiger partial charge in [0.25, 0.3) is 0 Å². The normalized spacial score (nSPS) is 11.3. The van der Waals surface area contributed by atoms with E-state index >= 15 is 0 Å². The number of nitrogens with two attached hydrogens (primary N) is 1. The smallest absolute Gasteiger partial charge is 0.249 e. The number of hydrogen-bond acceptors (Lipinski definition) is 2. The van der Waals surface area contributed by atoms with Crippen molar-refractivity contribution < 1.29 is 4.79 Å². The molecule has 0 aliphatic carbocycles. The highest BCUT2D eigenvalue weighted by molar-refractivity contribution is 6.17. The Hall–Kier alpha value is -3.14. The van der Waals surface area contributed by atoms with Gasteiger partial charge in [0.2, 0.25) is 5.91 Å². The van der Waals surface area contributed by atoms with Crippen molar-refractivity contribution >= 4 is 27.7 Å². The summed E-state index contributed by atoms with van der Waals surface area (Å²) >= 11 is 0. The fourth-order valence-corrected chi connectivity index (χ4v) is 3.76. The number of unbranched alkanes of at least 4 members (excludes halogenated alkanes) is 1. The van der Waals surface area contributed by atoms with Gasteiger partial charge >= 0.3 is 0 Å². The van der Waals surface area contributed by atoms with Gasteiger partial charge in [-0.05, 0) is 48.7 Å². The lowest BCUT2D eigenvalue weighted by Gasteiger charge is -2.08. The van der Waals surface area contributed by atoms with Crippen LogP contribution in [0.2, 0.25) is 0 Å². The number of carbonyl (C=O) groups excluding carboxylic acids is 1. The molecule has 4 nitrogen and oxygen atoms in total. The molecule has 0 atom stereocenters. The van der Waals surface area contributed by atoms with Crippen molar-refractivity contribution in [1.29, 1.82) is 0 Å². The molecule has 2 aromatic heterocycles. The van der Waals surface area contributed by atoms with E-state index in [1.807, 2.05) is 30.5 Å². The fraction of sp³-hybridized carbons (Fsp3) is 0.217. The van der Waals surface area contributed by atoms with Gasteiger partial charge in [0.15, 0.2) is 0 Å². The van der Waals surface area contributed by atoms with E-state index in [4.69, 9.17) is 5.73 Å². The summed E-state index contributed by atoms with van der Waals surface area (Å²) in [6.07, 6.45) is 5.20. The predicted octanol–water partition coefficient (Wildman–Crippen LogP) is 4.68. The quantitative estimate of drug-likeness (QED) is 0.545. The summed E-state index contributed by atoms with van der Waals surface area (Å²) in [6, 6.07) is 18.2. The monoisotopic (exact) mass is 357 g/mol. The third-order valence-corrected chi connectivity index (χ3v) is 5.09. The van der Waals surface area contributed by atoms with Gasteiger partial charge in [-0.15, -0.1) is 0 Å². The second-order valence-corrected chi connectivity index (χ2v) is 6.93. The van der Waals surface area contributed by atoms with Crippen molar-refractivity contribution in [2.75, 3.05) is 0 Å². The Morgan fingerprint density at radius 2 is 1.96 bits per heavy atom. The third kappa shape index (κ3) is 3.19. The Kier molecular flexibility index (Phi) is 4.63. The first-order valence-corrected chi connectivity index (χ1v) is 9.42. The average Bonchev–Trinajstić information content (AvgIpc) is 3.00. The highest BCUT2D eigenvalue weighted by atomic mass is 16.1. The molecule has 1 amide bonds. The summed E-state index contributed by atoms with van der Waals surface area (Å²) in [5.74, 6) is -0.396. The highest BCUT2D eigenvalue weighted by Crippen LogP contribution is 2.33. The van der Waals surface area contributed by atoms with E-state index in [0.29, 0.717) is 12.1 Å². The van der Waals surface area contributed by atoms with E-state index in [9.17, 15) is 4.79 Å². The Morgan fingerprint density at radius 3 is 2.70 bits per heavy atom. The maximum atomic E-state index is 12.0. The molecule has 0 unspecified atom stereocenters. The topological polar surface area (TPSA) is 60.9 Å². The van der Waals surface area contributed by atoms with Crippen LogP contribution in [0.15, 0.2) is 60.8 Å². The van der Waals surface area contributed by atoms with Crippen LogP contribution in [0.1, 0.15) is 41.4 Å². The zero-order valence-electron chi connectivity index (χ0n) is 15.5. The minimum atomic E-state index is -0.396.